The number of benzene rings is 3. The van der Waals surface area contributed by atoms with Crippen LogP contribution in [0.25, 0.3) is 0 Å². The lowest BCUT2D eigenvalue weighted by Gasteiger charge is -2.36. The van der Waals surface area contributed by atoms with E-state index in [4.69, 9.17) is 14.2 Å². The monoisotopic (exact) mass is 755 g/mol. The Morgan fingerprint density at radius 1 is 0.964 bits per heavy atom. The molecule has 1 atom stereocenters. The summed E-state index contributed by atoms with van der Waals surface area (Å²) in [6.45, 7) is 17.2. The van der Waals surface area contributed by atoms with Crippen molar-refractivity contribution in [3.63, 3.8) is 0 Å². The zero-order valence-corrected chi connectivity index (χ0v) is 33.0. The highest BCUT2D eigenvalue weighted by molar-refractivity contribution is 5.98. The summed E-state index contributed by atoms with van der Waals surface area (Å²) in [5.41, 5.74) is 3.19. The molecule has 294 valence electrons. The fourth-order valence-corrected chi connectivity index (χ4v) is 6.32. The Hall–Kier alpha value is -5.27. The summed E-state index contributed by atoms with van der Waals surface area (Å²) in [5.74, 6) is 0.716. The van der Waals surface area contributed by atoms with Crippen molar-refractivity contribution in [1.82, 2.24) is 25.1 Å². The molecule has 2 heterocycles. The third kappa shape index (κ3) is 11.1. The Balaban J connectivity index is 1.34. The molecule has 1 saturated heterocycles. The number of nitrogens with one attached hydrogen (secondary N) is 2. The van der Waals surface area contributed by atoms with Crippen molar-refractivity contribution in [1.29, 1.82) is 0 Å². The van der Waals surface area contributed by atoms with E-state index in [0.717, 1.165) is 55.8 Å². The number of para-hydroxylation sites is 1. The van der Waals surface area contributed by atoms with Crippen molar-refractivity contribution in [3.8, 4) is 17.2 Å². The quantitative estimate of drug-likeness (QED) is 0.118. The van der Waals surface area contributed by atoms with E-state index >= 15 is 4.39 Å². The highest BCUT2D eigenvalue weighted by Crippen LogP contribution is 2.36. The Morgan fingerprint density at radius 2 is 1.71 bits per heavy atom. The van der Waals surface area contributed by atoms with Gasteiger partial charge in [0.15, 0.2) is 11.6 Å². The van der Waals surface area contributed by atoms with E-state index in [2.05, 4.69) is 44.2 Å². The molecule has 12 nitrogen and oxygen atoms in total. The summed E-state index contributed by atoms with van der Waals surface area (Å²) >= 11 is 0. The molecule has 2 amide bonds. The molecule has 1 unspecified atom stereocenters. The normalized spacial score (nSPS) is 14.0. The van der Waals surface area contributed by atoms with E-state index in [1.165, 1.54) is 24.3 Å². The van der Waals surface area contributed by atoms with Crippen molar-refractivity contribution < 1.29 is 28.2 Å². The van der Waals surface area contributed by atoms with Crippen LogP contribution in [0.15, 0.2) is 66.9 Å². The second-order valence-corrected chi connectivity index (χ2v) is 14.1. The van der Waals surface area contributed by atoms with Crippen LogP contribution in [-0.4, -0.2) is 90.3 Å². The topological polar surface area (TPSA) is 121 Å². The third-order valence-corrected chi connectivity index (χ3v) is 9.79. The number of nitrogens with zero attached hydrogens (tertiary/aromatic N) is 5. The number of anilines is 4. The second-order valence-electron chi connectivity index (χ2n) is 14.1. The minimum Gasteiger partial charge on any atom is -0.495 e. The fraction of sp³-hybridized carbons (Fsp3) is 0.429. The fourth-order valence-electron chi connectivity index (χ4n) is 6.32. The minimum absolute atomic E-state index is 0.0365. The van der Waals surface area contributed by atoms with Crippen molar-refractivity contribution in [2.75, 3.05) is 56.7 Å². The van der Waals surface area contributed by atoms with Gasteiger partial charge in [-0.25, -0.2) is 19.1 Å². The number of rotatable bonds is 16. The minimum atomic E-state index is -0.727. The average molecular weight is 756 g/mol. The van der Waals surface area contributed by atoms with Crippen LogP contribution >= 0.6 is 0 Å². The summed E-state index contributed by atoms with van der Waals surface area (Å²) in [7, 11) is 1.51. The molecule has 1 fully saturated rings. The van der Waals surface area contributed by atoms with Gasteiger partial charge in [0.05, 0.1) is 12.8 Å². The molecule has 55 heavy (non-hydrogen) atoms. The maximum Gasteiger partial charge on any atom is 0.425 e. The van der Waals surface area contributed by atoms with Gasteiger partial charge in [-0.1, -0.05) is 31.2 Å². The zero-order valence-electron chi connectivity index (χ0n) is 33.0. The molecule has 4 aromatic rings. The SMILES string of the molecule is CCC(C)NC(=O)CCc1ccc(N(C(=O)Oc2c(C)cccc2C)c2ccnc(Nc3ccc(OCCN4CCN(C(C)C)CC4)c(F)c3)n2)c(OC)c1. The number of methoxy groups -OCH3 is 1. The van der Waals surface area contributed by atoms with Gasteiger partial charge in [-0.3, -0.25) is 14.6 Å². The molecular formula is C42H54FN7O5. The van der Waals surface area contributed by atoms with Crippen molar-refractivity contribution in [2.24, 2.45) is 0 Å². The van der Waals surface area contributed by atoms with E-state index < -0.39 is 11.9 Å². The first kappa shape index (κ1) is 40.9. The van der Waals surface area contributed by atoms with Crippen molar-refractivity contribution in [2.45, 2.75) is 72.9 Å². The largest absolute Gasteiger partial charge is 0.495 e. The van der Waals surface area contributed by atoms with Gasteiger partial charge in [-0.15, -0.1) is 0 Å². The van der Waals surface area contributed by atoms with Crippen LogP contribution in [0.4, 0.5) is 32.3 Å². The van der Waals surface area contributed by atoms with Gasteiger partial charge < -0.3 is 24.8 Å². The van der Waals surface area contributed by atoms with Crippen molar-refractivity contribution in [3.05, 3.63) is 89.4 Å². The van der Waals surface area contributed by atoms with Gasteiger partial charge in [0.2, 0.25) is 11.9 Å². The number of amides is 2. The first-order valence-corrected chi connectivity index (χ1v) is 19.0. The molecule has 13 heteroatoms. The highest BCUT2D eigenvalue weighted by Gasteiger charge is 2.27. The van der Waals surface area contributed by atoms with Crippen molar-refractivity contribution >= 4 is 35.1 Å². The molecule has 5 rings (SSSR count). The predicted molar refractivity (Wildman–Crippen MR) is 214 cm³/mol. The lowest BCUT2D eigenvalue weighted by Crippen LogP contribution is -2.49. The van der Waals surface area contributed by atoms with Crippen LogP contribution in [0.2, 0.25) is 0 Å². The zero-order chi connectivity index (χ0) is 39.5. The first-order chi connectivity index (χ1) is 26.4. The lowest BCUT2D eigenvalue weighted by atomic mass is 10.1. The van der Waals surface area contributed by atoms with E-state index in [-0.39, 0.29) is 29.5 Å². The summed E-state index contributed by atoms with van der Waals surface area (Å²) in [6, 6.07) is 17.8. The number of carbonyl (C=O) groups is 2. The number of aryl methyl sites for hydroxylation is 3. The van der Waals surface area contributed by atoms with Crippen LogP contribution in [0.5, 0.6) is 17.2 Å². The average Bonchev–Trinajstić information content (AvgIpc) is 3.17. The second kappa shape index (κ2) is 19.4. The molecule has 3 aromatic carbocycles. The Morgan fingerprint density at radius 3 is 2.38 bits per heavy atom. The lowest BCUT2D eigenvalue weighted by molar-refractivity contribution is -0.121. The maximum absolute atomic E-state index is 15.2. The number of ether oxygens (including phenoxy) is 3. The van der Waals surface area contributed by atoms with Gasteiger partial charge in [0.1, 0.15) is 23.9 Å². The van der Waals surface area contributed by atoms with Gasteiger partial charge in [0, 0.05) is 75.2 Å². The van der Waals surface area contributed by atoms with E-state index in [0.29, 0.717) is 48.4 Å². The van der Waals surface area contributed by atoms with E-state index in [1.807, 2.05) is 52.0 Å². The molecule has 0 saturated carbocycles. The molecule has 1 aliphatic rings. The predicted octanol–water partition coefficient (Wildman–Crippen LogP) is 7.57. The van der Waals surface area contributed by atoms with Crippen LogP contribution in [0.1, 0.15) is 57.2 Å². The van der Waals surface area contributed by atoms with Crippen LogP contribution in [0, 0.1) is 19.7 Å². The molecule has 0 bridgehead atoms. The number of aromatic nitrogens is 2. The molecule has 1 aliphatic heterocycles. The Labute approximate surface area is 324 Å². The molecule has 2 N–H and O–H groups in total. The smallest absolute Gasteiger partial charge is 0.425 e. The maximum atomic E-state index is 15.2. The van der Waals surface area contributed by atoms with Crippen LogP contribution in [-0.2, 0) is 11.2 Å². The van der Waals surface area contributed by atoms with Gasteiger partial charge in [-0.05, 0) is 88.4 Å². The third-order valence-electron chi connectivity index (χ3n) is 9.79. The van der Waals surface area contributed by atoms with Gasteiger partial charge >= 0.3 is 6.09 Å². The number of hydrogen-bond donors (Lipinski definition) is 2. The van der Waals surface area contributed by atoms with E-state index in [9.17, 15) is 9.59 Å². The number of hydrogen-bond acceptors (Lipinski definition) is 10. The molecule has 0 radical (unpaired) electrons. The number of carbonyl (C=O) groups excluding carboxylic acids is 2. The molecular weight excluding hydrogens is 702 g/mol. The molecule has 0 aliphatic carbocycles. The van der Waals surface area contributed by atoms with Gasteiger partial charge in [-0.2, -0.15) is 4.98 Å². The molecule has 1 aromatic heterocycles. The summed E-state index contributed by atoms with van der Waals surface area (Å²) in [4.78, 5) is 41.7. The Kier molecular flexibility index (Phi) is 14.4. The summed E-state index contributed by atoms with van der Waals surface area (Å²) in [6.07, 6.45) is 2.39. The number of halogens is 1. The summed E-state index contributed by atoms with van der Waals surface area (Å²) < 4.78 is 32.8. The molecule has 0 spiro atoms. The first-order valence-electron chi connectivity index (χ1n) is 19.0. The van der Waals surface area contributed by atoms with Gasteiger partial charge in [0.25, 0.3) is 0 Å². The van der Waals surface area contributed by atoms with E-state index in [1.54, 1.807) is 30.3 Å². The number of piperazine rings is 1. The summed E-state index contributed by atoms with van der Waals surface area (Å²) in [5, 5.41) is 6.04. The standard InChI is InChI=1S/C42H54FN7O5/c1-8-31(6)45-39(51)17-13-32-12-15-35(37(26-32)53-7)50(42(52)55-40-29(4)10-9-11-30(40)5)38-18-19-44-41(47-38)46-33-14-16-36(34(43)27-33)54-25-24-48-20-22-49(23-21-48)28(2)3/h9-12,14-16,18-19,26-28,31H,8,13,17,20-25H2,1-7H3,(H,45,51)(H,44,46,47). The highest BCUT2D eigenvalue weighted by atomic mass is 19.1. The van der Waals surface area contributed by atoms with Crippen LogP contribution < -0.4 is 29.7 Å². The Bertz CT molecular complexity index is 1900. The van der Waals surface area contributed by atoms with Crippen LogP contribution in [0.3, 0.4) is 0 Å².